The van der Waals surface area contributed by atoms with Crippen LogP contribution in [0.1, 0.15) is 0 Å². The number of nitro groups is 1. The van der Waals surface area contributed by atoms with E-state index in [0.29, 0.717) is 5.69 Å². The SMILES string of the molecule is COC(=O)NC(=S)Nc1ccc(Cl)c([N+](=O)[O-])c1. The largest absolute Gasteiger partial charge is 0.453 e. The number of rotatable bonds is 2. The summed E-state index contributed by atoms with van der Waals surface area (Å²) in [6.07, 6.45) is -0.740. The summed E-state index contributed by atoms with van der Waals surface area (Å²) in [5.74, 6) is 0. The minimum absolute atomic E-state index is 0.0115. The molecule has 0 unspecified atom stereocenters. The highest BCUT2D eigenvalue weighted by atomic mass is 35.5. The molecule has 1 aromatic carbocycles. The van der Waals surface area contributed by atoms with Gasteiger partial charge in [0.15, 0.2) is 5.11 Å². The fourth-order valence-electron chi connectivity index (χ4n) is 1.04. The van der Waals surface area contributed by atoms with Gasteiger partial charge in [-0.05, 0) is 24.4 Å². The number of anilines is 1. The average molecular weight is 290 g/mol. The summed E-state index contributed by atoms with van der Waals surface area (Å²) in [7, 11) is 1.19. The Bertz CT molecular complexity index is 509. The van der Waals surface area contributed by atoms with Crippen LogP contribution in [0.3, 0.4) is 0 Å². The molecule has 0 aliphatic carbocycles. The molecule has 9 heteroatoms. The summed E-state index contributed by atoms with van der Waals surface area (Å²) in [4.78, 5) is 20.9. The Morgan fingerprint density at radius 2 is 2.22 bits per heavy atom. The molecule has 0 fully saturated rings. The number of nitrogens with one attached hydrogen (secondary N) is 2. The van der Waals surface area contributed by atoms with Crippen LogP contribution in [0.4, 0.5) is 16.2 Å². The van der Waals surface area contributed by atoms with Crippen molar-refractivity contribution >= 4 is 46.4 Å². The Balaban J connectivity index is 2.79. The normalized spacial score (nSPS) is 9.44. The van der Waals surface area contributed by atoms with Gasteiger partial charge < -0.3 is 10.1 Å². The third-order valence-corrected chi connectivity index (χ3v) is 2.33. The van der Waals surface area contributed by atoms with E-state index < -0.39 is 11.0 Å². The molecule has 0 aliphatic rings. The zero-order valence-corrected chi connectivity index (χ0v) is 10.7. The Labute approximate surface area is 112 Å². The highest BCUT2D eigenvalue weighted by Crippen LogP contribution is 2.27. The van der Waals surface area contributed by atoms with Crippen LogP contribution >= 0.6 is 23.8 Å². The fraction of sp³-hybridized carbons (Fsp3) is 0.111. The van der Waals surface area contributed by atoms with Crippen molar-refractivity contribution in [2.24, 2.45) is 0 Å². The van der Waals surface area contributed by atoms with E-state index >= 15 is 0 Å². The second-order valence-corrected chi connectivity index (χ2v) is 3.81. The summed E-state index contributed by atoms with van der Waals surface area (Å²) in [6.45, 7) is 0. The summed E-state index contributed by atoms with van der Waals surface area (Å²) in [6, 6.07) is 4.04. The molecule has 96 valence electrons. The fourth-order valence-corrected chi connectivity index (χ4v) is 1.42. The molecule has 0 bridgehead atoms. The predicted molar refractivity (Wildman–Crippen MR) is 69.9 cm³/mol. The van der Waals surface area contributed by atoms with Gasteiger partial charge >= 0.3 is 6.09 Å². The number of ether oxygens (including phenoxy) is 1. The number of nitro benzene ring substituents is 1. The van der Waals surface area contributed by atoms with Crippen molar-refractivity contribution in [1.82, 2.24) is 5.32 Å². The molecule has 0 aromatic heterocycles. The van der Waals surface area contributed by atoms with Gasteiger partial charge in [0, 0.05) is 11.8 Å². The number of hydrogen-bond acceptors (Lipinski definition) is 5. The third-order valence-electron chi connectivity index (χ3n) is 1.80. The number of halogens is 1. The van der Waals surface area contributed by atoms with Crippen LogP contribution in [-0.2, 0) is 4.74 Å². The van der Waals surface area contributed by atoms with Crippen LogP contribution in [0.5, 0.6) is 0 Å². The Morgan fingerprint density at radius 1 is 1.56 bits per heavy atom. The highest BCUT2D eigenvalue weighted by Gasteiger charge is 2.13. The van der Waals surface area contributed by atoms with Crippen molar-refractivity contribution < 1.29 is 14.5 Å². The quantitative estimate of drug-likeness (QED) is 0.493. The lowest BCUT2D eigenvalue weighted by molar-refractivity contribution is -0.384. The molecule has 0 saturated heterocycles. The zero-order valence-electron chi connectivity index (χ0n) is 9.10. The Morgan fingerprint density at radius 3 is 2.78 bits per heavy atom. The first kappa shape index (κ1) is 14.1. The predicted octanol–water partition coefficient (Wildman–Crippen LogP) is 2.30. The smallest absolute Gasteiger partial charge is 0.413 e. The van der Waals surface area contributed by atoms with Crippen LogP contribution in [-0.4, -0.2) is 23.2 Å². The number of carbonyl (C=O) groups excluding carboxylic acids is 1. The molecule has 7 nitrogen and oxygen atoms in total. The summed E-state index contributed by atoms with van der Waals surface area (Å²) < 4.78 is 4.33. The summed E-state index contributed by atoms with van der Waals surface area (Å²) >= 11 is 10.4. The molecule has 0 atom stereocenters. The molecule has 0 spiro atoms. The van der Waals surface area contributed by atoms with Gasteiger partial charge in [-0.25, -0.2) is 4.79 Å². The first-order valence-electron chi connectivity index (χ1n) is 4.54. The summed E-state index contributed by atoms with van der Waals surface area (Å²) in [5.41, 5.74) is 0.0648. The monoisotopic (exact) mass is 289 g/mol. The van der Waals surface area contributed by atoms with Crippen LogP contribution in [0, 0.1) is 10.1 Å². The summed E-state index contributed by atoms with van der Waals surface area (Å²) in [5, 5.41) is 15.4. The average Bonchev–Trinajstić information content (AvgIpc) is 2.31. The number of alkyl carbamates (subject to hydrolysis) is 1. The second kappa shape index (κ2) is 6.12. The number of thiocarbonyl (C=S) groups is 1. The van der Waals surface area contributed by atoms with Crippen molar-refractivity contribution in [3.8, 4) is 0 Å². The van der Waals surface area contributed by atoms with E-state index in [0.717, 1.165) is 0 Å². The van der Waals surface area contributed by atoms with Crippen LogP contribution in [0.15, 0.2) is 18.2 Å². The molecule has 2 N–H and O–H groups in total. The minimum atomic E-state index is -0.740. The third kappa shape index (κ3) is 3.82. The second-order valence-electron chi connectivity index (χ2n) is 2.99. The number of amides is 1. The first-order chi connectivity index (χ1) is 8.43. The number of carbonyl (C=O) groups is 1. The van der Waals surface area contributed by atoms with Crippen LogP contribution in [0.25, 0.3) is 0 Å². The maximum atomic E-state index is 10.9. The number of hydrogen-bond donors (Lipinski definition) is 2. The lowest BCUT2D eigenvalue weighted by atomic mass is 10.3. The highest BCUT2D eigenvalue weighted by molar-refractivity contribution is 7.80. The van der Waals surface area contributed by atoms with Gasteiger partial charge in [-0.2, -0.15) is 0 Å². The van der Waals surface area contributed by atoms with Crippen molar-refractivity contribution in [1.29, 1.82) is 0 Å². The first-order valence-corrected chi connectivity index (χ1v) is 5.32. The van der Waals surface area contributed by atoms with Gasteiger partial charge in [0.2, 0.25) is 0 Å². The van der Waals surface area contributed by atoms with Crippen molar-refractivity contribution in [3.05, 3.63) is 33.3 Å². The molecule has 0 aliphatic heterocycles. The van der Waals surface area contributed by atoms with Gasteiger partial charge in [0.1, 0.15) is 5.02 Å². The van der Waals surface area contributed by atoms with Gasteiger partial charge in [-0.1, -0.05) is 11.6 Å². The number of methoxy groups -OCH3 is 1. The Kier molecular flexibility index (Phi) is 4.81. The maximum Gasteiger partial charge on any atom is 0.413 e. The lowest BCUT2D eigenvalue weighted by Crippen LogP contribution is -2.33. The van der Waals surface area contributed by atoms with Gasteiger partial charge in [0.05, 0.1) is 12.0 Å². The van der Waals surface area contributed by atoms with Crippen molar-refractivity contribution in [3.63, 3.8) is 0 Å². The molecule has 0 saturated carbocycles. The molecule has 1 aromatic rings. The standard InChI is InChI=1S/C9H8ClN3O4S/c1-17-9(14)12-8(18)11-5-2-3-6(10)7(4-5)13(15)16/h2-4H,1H3,(H2,11,12,14,18). The van der Waals surface area contributed by atoms with E-state index in [4.69, 9.17) is 23.8 Å². The number of nitrogens with zero attached hydrogens (tertiary/aromatic N) is 1. The van der Waals surface area contributed by atoms with Crippen LogP contribution in [0.2, 0.25) is 5.02 Å². The lowest BCUT2D eigenvalue weighted by Gasteiger charge is -2.08. The van der Waals surface area contributed by atoms with Crippen molar-refractivity contribution in [2.75, 3.05) is 12.4 Å². The van der Waals surface area contributed by atoms with Gasteiger partial charge in [0.25, 0.3) is 5.69 Å². The van der Waals surface area contributed by atoms with E-state index in [-0.39, 0.29) is 15.8 Å². The molecule has 1 rings (SSSR count). The van der Waals surface area contributed by atoms with Gasteiger partial charge in [-0.15, -0.1) is 0 Å². The van der Waals surface area contributed by atoms with Crippen LogP contribution < -0.4 is 10.6 Å². The van der Waals surface area contributed by atoms with E-state index in [2.05, 4.69) is 15.4 Å². The zero-order chi connectivity index (χ0) is 13.7. The molecule has 1 amide bonds. The molecular weight excluding hydrogens is 282 g/mol. The molecular formula is C9H8ClN3O4S. The molecule has 0 heterocycles. The van der Waals surface area contributed by atoms with E-state index in [9.17, 15) is 14.9 Å². The maximum absolute atomic E-state index is 10.9. The molecule has 18 heavy (non-hydrogen) atoms. The minimum Gasteiger partial charge on any atom is -0.453 e. The van der Waals surface area contributed by atoms with E-state index in [1.165, 1.54) is 25.3 Å². The van der Waals surface area contributed by atoms with E-state index in [1.807, 2.05) is 0 Å². The number of benzene rings is 1. The van der Waals surface area contributed by atoms with Crippen molar-refractivity contribution in [2.45, 2.75) is 0 Å². The molecule has 0 radical (unpaired) electrons. The Hall–Kier alpha value is -1.93. The van der Waals surface area contributed by atoms with Gasteiger partial charge in [-0.3, -0.25) is 15.4 Å². The topological polar surface area (TPSA) is 93.5 Å². The van der Waals surface area contributed by atoms with E-state index in [1.54, 1.807) is 0 Å².